The van der Waals surface area contributed by atoms with Crippen molar-refractivity contribution in [2.75, 3.05) is 39.3 Å². The third-order valence-electron chi connectivity index (χ3n) is 2.14. The number of hydrogen-bond donors (Lipinski definition) is 0. The van der Waals surface area contributed by atoms with E-state index >= 15 is 0 Å². The molecule has 10 nitrogen and oxygen atoms in total. The van der Waals surface area contributed by atoms with Gasteiger partial charge in [0.1, 0.15) is 0 Å². The van der Waals surface area contributed by atoms with Gasteiger partial charge >= 0.3 is 34.1 Å². The summed E-state index contributed by atoms with van der Waals surface area (Å²) < 4.78 is 0. The Balaban J connectivity index is -0.000000602. The van der Waals surface area contributed by atoms with Crippen LogP contribution < -0.4 is 20.4 Å². The van der Waals surface area contributed by atoms with Crippen LogP contribution in [0.25, 0.3) is 0 Å². The minimum atomic E-state index is -1.53. The van der Waals surface area contributed by atoms with E-state index in [9.17, 15) is 39.6 Å². The van der Waals surface area contributed by atoms with Gasteiger partial charge in [0, 0.05) is 56.3 Å². The minimum Gasteiger partial charge on any atom is -0.549 e. The van der Waals surface area contributed by atoms with Crippen molar-refractivity contribution in [2.45, 2.75) is 0 Å². The van der Waals surface area contributed by atoms with Crippen LogP contribution in [0.1, 0.15) is 0 Å². The van der Waals surface area contributed by atoms with E-state index in [-0.39, 0.29) is 64.3 Å². The van der Waals surface area contributed by atoms with E-state index in [0.717, 1.165) is 9.80 Å². The summed E-state index contributed by atoms with van der Waals surface area (Å²) in [6.07, 6.45) is 0. The predicted molar refractivity (Wildman–Crippen MR) is 52.9 cm³/mol. The molecule has 0 aliphatic rings. The molecule has 0 unspecified atom stereocenters. The zero-order valence-electron chi connectivity index (χ0n) is 11.5. The second-order valence-corrected chi connectivity index (χ2v) is 3.91. The number of carboxylic acids is 4. The summed E-state index contributed by atoms with van der Waals surface area (Å²) in [5.41, 5.74) is 0. The van der Waals surface area contributed by atoms with Crippen LogP contribution in [-0.2, 0) is 70.4 Å². The molecule has 0 aromatic carbocycles. The first-order valence-corrected chi connectivity index (χ1v) is 5.44. The van der Waals surface area contributed by atoms with E-state index in [4.69, 9.17) is 0 Å². The number of hydrogen-bond acceptors (Lipinski definition) is 10. The molecule has 3 radical (unpaired) electrons. The van der Waals surface area contributed by atoms with Gasteiger partial charge < -0.3 is 39.6 Å². The van der Waals surface area contributed by atoms with Crippen molar-refractivity contribution in [1.82, 2.24) is 9.80 Å². The van der Waals surface area contributed by atoms with Gasteiger partial charge in [0.25, 0.3) is 0 Å². The van der Waals surface area contributed by atoms with Crippen LogP contribution in [-0.4, -0.2) is 72.9 Å². The molecule has 0 aromatic rings. The molecule has 0 fully saturated rings. The summed E-state index contributed by atoms with van der Waals surface area (Å²) in [4.78, 5) is 43.4. The molecule has 13 heteroatoms. The Labute approximate surface area is 163 Å². The maximum atomic E-state index is 10.4. The Morgan fingerprint density at radius 1 is 0.565 bits per heavy atom. The van der Waals surface area contributed by atoms with Crippen LogP contribution in [0, 0.1) is 0 Å². The van der Waals surface area contributed by atoms with Gasteiger partial charge in [-0.3, -0.25) is 9.80 Å². The Morgan fingerprint density at radius 2 is 0.739 bits per heavy atom. The molecule has 0 N–H and O–H groups in total. The number of carboxylic acid groups (broad SMARTS) is 4. The van der Waals surface area contributed by atoms with Crippen molar-refractivity contribution >= 4 is 23.9 Å². The van der Waals surface area contributed by atoms with Gasteiger partial charge in [0.15, 0.2) is 0 Å². The van der Waals surface area contributed by atoms with Gasteiger partial charge in [-0.15, -0.1) is 0 Å². The first kappa shape index (κ1) is 30.3. The van der Waals surface area contributed by atoms with Crippen LogP contribution in [0.5, 0.6) is 0 Å². The number of nitrogens with zero attached hydrogens (tertiary/aromatic N) is 2. The summed E-state index contributed by atoms with van der Waals surface area (Å²) in [5.74, 6) is -6.12. The van der Waals surface area contributed by atoms with E-state index in [1.54, 1.807) is 0 Å². The van der Waals surface area contributed by atoms with Crippen LogP contribution >= 0.6 is 0 Å². The van der Waals surface area contributed by atoms with E-state index < -0.39 is 50.1 Å². The van der Waals surface area contributed by atoms with Crippen molar-refractivity contribution in [3.8, 4) is 0 Å². The van der Waals surface area contributed by atoms with E-state index in [0.29, 0.717) is 0 Å². The third-order valence-corrected chi connectivity index (χ3v) is 2.14. The van der Waals surface area contributed by atoms with Crippen LogP contribution in [0.4, 0.5) is 0 Å². The molecule has 0 spiro atoms. The molecule has 0 saturated carbocycles. The van der Waals surface area contributed by atoms with Gasteiger partial charge in [-0.25, -0.2) is 0 Å². The van der Waals surface area contributed by atoms with E-state index in [2.05, 4.69) is 0 Å². The van der Waals surface area contributed by atoms with Crippen LogP contribution in [0.15, 0.2) is 0 Å². The molecule has 0 aliphatic carbocycles. The molecule has 0 amide bonds. The molecule has 0 bridgehead atoms. The Morgan fingerprint density at radius 3 is 0.870 bits per heavy atom. The number of aliphatic carboxylic acids is 4. The molecule has 0 saturated heterocycles. The summed E-state index contributed by atoms with van der Waals surface area (Å²) in [6.45, 7) is -3.25. The Bertz CT molecular complexity index is 328. The molecular formula is C10H12Mn3N2O8. The molecule has 0 aliphatic heterocycles. The average Bonchev–Trinajstić information content (AvgIpc) is 2.22. The van der Waals surface area contributed by atoms with Crippen molar-refractivity contribution in [2.24, 2.45) is 0 Å². The predicted octanol–water partition coefficient (Wildman–Crippen LogP) is -7.42. The quantitative estimate of drug-likeness (QED) is 0.274. The van der Waals surface area contributed by atoms with Gasteiger partial charge in [-0.05, 0) is 0 Å². The van der Waals surface area contributed by atoms with E-state index in [1.807, 2.05) is 0 Å². The Kier molecular flexibility index (Phi) is 21.3. The van der Waals surface area contributed by atoms with Crippen LogP contribution in [0.2, 0.25) is 0 Å². The molecular weight excluding hydrogens is 441 g/mol. The number of rotatable bonds is 11. The second kappa shape index (κ2) is 16.2. The van der Waals surface area contributed by atoms with Gasteiger partial charge in [-0.2, -0.15) is 0 Å². The SMILES string of the molecule is O=C([O-])CN(CCN(CC(=O)[O-])CC(=O)[O-])CC(=O)[O-].[Mn+2].[Mn+2].[Mn]. The third kappa shape index (κ3) is 19.3. The summed E-state index contributed by atoms with van der Waals surface area (Å²) in [6, 6.07) is 0. The smallest absolute Gasteiger partial charge is 0.549 e. The molecule has 0 rings (SSSR count). The zero-order valence-corrected chi connectivity index (χ0v) is 15.1. The molecule has 131 valence electrons. The standard InChI is InChI=1S/C10H16N2O8.3Mn/c13-7(14)3-11(4-8(15)16)1-2-12(5-9(17)18)6-10(19)20;;;/h1-6H2,(H,13,14)(H,15,16)(H,17,18)(H,19,20);;;/q;;2*+2/p-4. The second-order valence-electron chi connectivity index (χ2n) is 3.91. The largest absolute Gasteiger partial charge is 2.00 e. The summed E-state index contributed by atoms with van der Waals surface area (Å²) in [7, 11) is 0. The minimum absolute atomic E-state index is 0. The van der Waals surface area contributed by atoms with Crippen molar-refractivity contribution in [3.05, 3.63) is 0 Å². The Hall–Kier alpha value is -0.642. The van der Waals surface area contributed by atoms with Gasteiger partial charge in [0.2, 0.25) is 0 Å². The molecule has 0 heterocycles. The van der Waals surface area contributed by atoms with Crippen LogP contribution in [0.3, 0.4) is 0 Å². The molecule has 0 atom stereocenters. The summed E-state index contributed by atoms with van der Waals surface area (Å²) >= 11 is 0. The average molecular weight is 453 g/mol. The van der Waals surface area contributed by atoms with Gasteiger partial charge in [0.05, 0.1) is 23.9 Å². The molecule has 0 aromatic heterocycles. The molecule has 23 heavy (non-hydrogen) atoms. The van der Waals surface area contributed by atoms with Crippen molar-refractivity contribution in [1.29, 1.82) is 0 Å². The maximum Gasteiger partial charge on any atom is 2.00 e. The summed E-state index contributed by atoms with van der Waals surface area (Å²) in [5, 5.41) is 41.6. The fourth-order valence-corrected chi connectivity index (χ4v) is 1.44. The maximum absolute atomic E-state index is 10.4. The van der Waals surface area contributed by atoms with Crippen molar-refractivity contribution < 1.29 is 90.8 Å². The zero-order chi connectivity index (χ0) is 15.7. The number of carbonyl (C=O) groups excluding carboxylic acids is 4. The fourth-order valence-electron chi connectivity index (χ4n) is 1.44. The van der Waals surface area contributed by atoms with Gasteiger partial charge in [-0.1, -0.05) is 0 Å². The topological polar surface area (TPSA) is 167 Å². The van der Waals surface area contributed by atoms with Crippen molar-refractivity contribution in [3.63, 3.8) is 0 Å². The first-order chi connectivity index (χ1) is 9.20. The van der Waals surface area contributed by atoms with E-state index in [1.165, 1.54) is 0 Å². The monoisotopic (exact) mass is 453 g/mol. The normalized spacial score (nSPS) is 9.30. The fraction of sp³-hybridized carbons (Fsp3) is 0.600. The number of carbonyl (C=O) groups is 4. The first-order valence-electron chi connectivity index (χ1n) is 5.44.